The van der Waals surface area contributed by atoms with Gasteiger partial charge in [0.1, 0.15) is 0 Å². The van der Waals surface area contributed by atoms with Gasteiger partial charge in [0, 0.05) is 17.7 Å². The highest BCUT2D eigenvalue weighted by Crippen LogP contribution is 2.25. The van der Waals surface area contributed by atoms with E-state index in [0.717, 1.165) is 0 Å². The van der Waals surface area contributed by atoms with Crippen molar-refractivity contribution in [2.24, 2.45) is 0 Å². The molecule has 18 heavy (non-hydrogen) atoms. The maximum absolute atomic E-state index is 12.1. The average Bonchev–Trinajstić information content (AvgIpc) is 2.28. The molecule has 0 bridgehead atoms. The number of carbonyl (C=O) groups is 2. The van der Waals surface area contributed by atoms with Crippen LogP contribution in [0.3, 0.4) is 0 Å². The lowest BCUT2D eigenvalue weighted by Gasteiger charge is -2.16. The van der Waals surface area contributed by atoms with Crippen LogP contribution in [0.1, 0.15) is 28.8 Å². The van der Waals surface area contributed by atoms with Crippen LogP contribution in [0.5, 0.6) is 0 Å². The highest BCUT2D eigenvalue weighted by Gasteiger charge is 2.38. The highest BCUT2D eigenvalue weighted by molar-refractivity contribution is 6.00. The summed E-state index contributed by atoms with van der Waals surface area (Å²) in [6.07, 6.45) is -3.13. The molecule has 3 nitrogen and oxygen atoms in total. The van der Waals surface area contributed by atoms with Crippen LogP contribution in [-0.4, -0.2) is 17.9 Å². The zero-order chi connectivity index (χ0) is 13.3. The summed E-state index contributed by atoms with van der Waals surface area (Å²) in [4.78, 5) is 22.3. The molecular weight excluding hydrogens is 247 g/mol. The van der Waals surface area contributed by atoms with Crippen LogP contribution in [0, 0.1) is 0 Å². The molecule has 0 aromatic heterocycles. The largest absolute Gasteiger partial charge is 0.471 e. The molecule has 2 rings (SSSR count). The number of anilines is 1. The highest BCUT2D eigenvalue weighted by atomic mass is 19.4. The number of halogens is 3. The molecule has 0 radical (unpaired) electrons. The summed E-state index contributed by atoms with van der Waals surface area (Å²) in [5.74, 6) is -2.02. The van der Waals surface area contributed by atoms with Gasteiger partial charge < -0.3 is 5.32 Å². The van der Waals surface area contributed by atoms with Gasteiger partial charge in [-0.05, 0) is 36.6 Å². The van der Waals surface area contributed by atoms with Crippen molar-refractivity contribution in [1.82, 2.24) is 0 Å². The van der Waals surface area contributed by atoms with Crippen molar-refractivity contribution in [3.05, 3.63) is 29.3 Å². The van der Waals surface area contributed by atoms with Gasteiger partial charge in [-0.25, -0.2) is 0 Å². The molecule has 0 spiro atoms. The van der Waals surface area contributed by atoms with Crippen LogP contribution in [0.15, 0.2) is 18.2 Å². The van der Waals surface area contributed by atoms with Gasteiger partial charge >= 0.3 is 12.1 Å². The monoisotopic (exact) mass is 257 g/mol. The Bertz CT molecular complexity index is 509. The molecule has 1 amide bonds. The number of amides is 1. The lowest BCUT2D eigenvalue weighted by Crippen LogP contribution is -2.30. The van der Waals surface area contributed by atoms with E-state index >= 15 is 0 Å². The number of Topliss-reactive ketones (excluding diaryl/α,β-unsaturated/α-hetero) is 1. The fourth-order valence-corrected chi connectivity index (χ4v) is 1.93. The van der Waals surface area contributed by atoms with Crippen LogP contribution in [0.25, 0.3) is 0 Å². The maximum atomic E-state index is 12.1. The van der Waals surface area contributed by atoms with Crippen LogP contribution < -0.4 is 5.32 Å². The SMILES string of the molecule is O=C1CCCc2cc(NC(=O)C(F)(F)F)ccc21. The summed E-state index contributed by atoms with van der Waals surface area (Å²) < 4.78 is 36.2. The predicted molar refractivity (Wildman–Crippen MR) is 58.4 cm³/mol. The smallest absolute Gasteiger partial charge is 0.318 e. The zero-order valence-corrected chi connectivity index (χ0v) is 9.30. The van der Waals surface area contributed by atoms with Gasteiger partial charge in [0.05, 0.1) is 0 Å². The molecule has 1 aliphatic rings. The van der Waals surface area contributed by atoms with Crippen LogP contribution in [0.4, 0.5) is 18.9 Å². The average molecular weight is 257 g/mol. The van der Waals surface area contributed by atoms with Crippen LogP contribution >= 0.6 is 0 Å². The number of carbonyl (C=O) groups excluding carboxylic acids is 2. The summed E-state index contributed by atoms with van der Waals surface area (Å²) in [5.41, 5.74) is 1.28. The minimum absolute atomic E-state index is 0.00931. The van der Waals surface area contributed by atoms with E-state index in [1.165, 1.54) is 18.2 Å². The molecular formula is C12H10F3NO2. The number of nitrogens with one attached hydrogen (secondary N) is 1. The molecule has 1 aromatic carbocycles. The Kier molecular flexibility index (Phi) is 3.11. The van der Waals surface area contributed by atoms with Gasteiger partial charge in [0.2, 0.25) is 0 Å². The third-order valence-electron chi connectivity index (χ3n) is 2.77. The summed E-state index contributed by atoms with van der Waals surface area (Å²) in [6.45, 7) is 0. The number of alkyl halides is 3. The molecule has 1 N–H and O–H groups in total. The Labute approximate surface area is 101 Å². The molecule has 1 aliphatic carbocycles. The molecule has 0 saturated heterocycles. The van der Waals surface area contributed by atoms with Gasteiger partial charge in [0.15, 0.2) is 5.78 Å². The van der Waals surface area contributed by atoms with E-state index in [0.29, 0.717) is 30.4 Å². The van der Waals surface area contributed by atoms with E-state index in [9.17, 15) is 22.8 Å². The number of ketones is 1. The number of hydrogen-bond donors (Lipinski definition) is 1. The van der Waals surface area contributed by atoms with E-state index in [1.807, 2.05) is 0 Å². The number of benzene rings is 1. The minimum atomic E-state index is -4.91. The first kappa shape index (κ1) is 12.6. The Morgan fingerprint density at radius 3 is 2.61 bits per heavy atom. The lowest BCUT2D eigenvalue weighted by atomic mass is 9.90. The van der Waals surface area contributed by atoms with Crippen LogP contribution in [-0.2, 0) is 11.2 Å². The number of fused-ring (bicyclic) bond motifs is 1. The Balaban J connectivity index is 2.22. The van der Waals surface area contributed by atoms with Gasteiger partial charge in [-0.1, -0.05) is 0 Å². The number of hydrogen-bond acceptors (Lipinski definition) is 2. The Morgan fingerprint density at radius 1 is 1.22 bits per heavy atom. The summed E-state index contributed by atoms with van der Waals surface area (Å²) in [7, 11) is 0. The molecule has 0 saturated carbocycles. The third kappa shape index (κ3) is 2.52. The van der Waals surface area contributed by atoms with Gasteiger partial charge in [-0.2, -0.15) is 13.2 Å². The first-order valence-corrected chi connectivity index (χ1v) is 5.42. The van der Waals surface area contributed by atoms with Gasteiger partial charge in [-0.15, -0.1) is 0 Å². The van der Waals surface area contributed by atoms with Crippen molar-refractivity contribution in [3.63, 3.8) is 0 Å². The van der Waals surface area contributed by atoms with E-state index in [4.69, 9.17) is 0 Å². The minimum Gasteiger partial charge on any atom is -0.318 e. The first-order valence-electron chi connectivity index (χ1n) is 5.42. The molecule has 96 valence electrons. The second kappa shape index (κ2) is 4.44. The third-order valence-corrected chi connectivity index (χ3v) is 2.77. The second-order valence-electron chi connectivity index (χ2n) is 4.10. The molecule has 0 aliphatic heterocycles. The fourth-order valence-electron chi connectivity index (χ4n) is 1.93. The van der Waals surface area contributed by atoms with E-state index in [-0.39, 0.29) is 11.5 Å². The van der Waals surface area contributed by atoms with Crippen molar-refractivity contribution < 1.29 is 22.8 Å². The maximum Gasteiger partial charge on any atom is 0.471 e. The van der Waals surface area contributed by atoms with Crippen molar-refractivity contribution >= 4 is 17.4 Å². The first-order chi connectivity index (χ1) is 8.38. The molecule has 0 heterocycles. The Morgan fingerprint density at radius 2 is 1.94 bits per heavy atom. The standard InChI is InChI=1S/C12H10F3NO2/c13-12(14,15)11(18)16-8-4-5-9-7(6-8)2-1-3-10(9)17/h4-6H,1-3H2,(H,16,18). The van der Waals surface area contributed by atoms with E-state index in [2.05, 4.69) is 0 Å². The summed E-state index contributed by atoms with van der Waals surface area (Å²) >= 11 is 0. The molecule has 6 heteroatoms. The number of aryl methyl sites for hydroxylation is 1. The van der Waals surface area contributed by atoms with Crippen molar-refractivity contribution in [3.8, 4) is 0 Å². The van der Waals surface area contributed by atoms with Gasteiger partial charge in [-0.3, -0.25) is 9.59 Å². The second-order valence-corrected chi connectivity index (χ2v) is 4.10. The van der Waals surface area contributed by atoms with E-state index in [1.54, 1.807) is 5.32 Å². The van der Waals surface area contributed by atoms with Crippen molar-refractivity contribution in [1.29, 1.82) is 0 Å². The molecule has 0 fully saturated rings. The normalized spacial score (nSPS) is 15.2. The summed E-state index contributed by atoms with van der Waals surface area (Å²) in [5, 5.41) is 1.77. The fraction of sp³-hybridized carbons (Fsp3) is 0.333. The number of rotatable bonds is 1. The van der Waals surface area contributed by atoms with Gasteiger partial charge in [0.25, 0.3) is 0 Å². The lowest BCUT2D eigenvalue weighted by molar-refractivity contribution is -0.167. The molecule has 0 atom stereocenters. The van der Waals surface area contributed by atoms with Crippen molar-refractivity contribution in [2.75, 3.05) is 5.32 Å². The topological polar surface area (TPSA) is 46.2 Å². The molecule has 1 aromatic rings. The zero-order valence-electron chi connectivity index (χ0n) is 9.30. The van der Waals surface area contributed by atoms with Crippen molar-refractivity contribution in [2.45, 2.75) is 25.4 Å². The predicted octanol–water partition coefficient (Wildman–Crippen LogP) is 2.71. The quantitative estimate of drug-likeness (QED) is 0.840. The summed E-state index contributed by atoms with van der Waals surface area (Å²) in [6, 6.07) is 4.20. The van der Waals surface area contributed by atoms with E-state index < -0.39 is 12.1 Å². The van der Waals surface area contributed by atoms with Crippen LogP contribution in [0.2, 0.25) is 0 Å². The molecule has 0 unspecified atom stereocenters. The Hall–Kier alpha value is -1.85.